The predicted molar refractivity (Wildman–Crippen MR) is 106 cm³/mol. The SMILES string of the molecule is Cn1c(=O)c2c(nc(N3CCCC(N)C3)n2CC2=CCCCC2)n(C)c1=O. The van der Waals surface area contributed by atoms with Crippen molar-refractivity contribution in [3.63, 3.8) is 0 Å². The molecule has 0 amide bonds. The second-order valence-corrected chi connectivity index (χ2v) is 7.83. The summed E-state index contributed by atoms with van der Waals surface area (Å²) in [5, 5.41) is 0. The first-order chi connectivity index (χ1) is 13.0. The van der Waals surface area contributed by atoms with E-state index < -0.39 is 0 Å². The molecule has 3 heterocycles. The van der Waals surface area contributed by atoms with Gasteiger partial charge in [0.15, 0.2) is 11.2 Å². The molecule has 1 fully saturated rings. The van der Waals surface area contributed by atoms with E-state index in [2.05, 4.69) is 11.0 Å². The number of piperidine rings is 1. The number of hydrogen-bond donors (Lipinski definition) is 1. The van der Waals surface area contributed by atoms with E-state index in [9.17, 15) is 9.59 Å². The van der Waals surface area contributed by atoms with Gasteiger partial charge in [-0.05, 0) is 38.5 Å². The smallest absolute Gasteiger partial charge is 0.332 e. The van der Waals surface area contributed by atoms with Crippen LogP contribution in [0.4, 0.5) is 5.95 Å². The van der Waals surface area contributed by atoms with Crippen LogP contribution in [0.5, 0.6) is 0 Å². The van der Waals surface area contributed by atoms with E-state index in [-0.39, 0.29) is 17.3 Å². The van der Waals surface area contributed by atoms with E-state index in [1.54, 1.807) is 7.05 Å². The average Bonchev–Trinajstić information content (AvgIpc) is 3.05. The van der Waals surface area contributed by atoms with Gasteiger partial charge in [-0.2, -0.15) is 4.98 Å². The van der Waals surface area contributed by atoms with E-state index >= 15 is 0 Å². The fourth-order valence-electron chi connectivity index (χ4n) is 4.27. The zero-order valence-electron chi connectivity index (χ0n) is 16.1. The van der Waals surface area contributed by atoms with Crippen molar-refractivity contribution in [2.75, 3.05) is 18.0 Å². The number of allylic oxidation sites excluding steroid dienone is 2. The summed E-state index contributed by atoms with van der Waals surface area (Å²) in [6.45, 7) is 2.23. The number of nitrogens with two attached hydrogens (primary N) is 1. The van der Waals surface area contributed by atoms with Crippen LogP contribution in [0.25, 0.3) is 11.2 Å². The number of imidazole rings is 1. The molecular weight excluding hydrogens is 344 g/mol. The van der Waals surface area contributed by atoms with Gasteiger partial charge in [-0.15, -0.1) is 0 Å². The van der Waals surface area contributed by atoms with Crippen LogP contribution < -0.4 is 21.9 Å². The molecule has 2 aliphatic rings. The molecule has 8 heteroatoms. The minimum absolute atomic E-state index is 0.104. The Morgan fingerprint density at radius 1 is 1.19 bits per heavy atom. The zero-order chi connectivity index (χ0) is 19.1. The lowest BCUT2D eigenvalue weighted by Crippen LogP contribution is -2.44. The number of nitrogens with zero attached hydrogens (tertiary/aromatic N) is 5. The molecule has 1 unspecified atom stereocenters. The minimum atomic E-state index is -0.351. The molecule has 27 heavy (non-hydrogen) atoms. The maximum atomic E-state index is 13.0. The van der Waals surface area contributed by atoms with Crippen molar-refractivity contribution in [2.45, 2.75) is 51.1 Å². The number of hydrogen-bond acceptors (Lipinski definition) is 5. The van der Waals surface area contributed by atoms with Gasteiger partial charge in [0.1, 0.15) is 0 Å². The average molecular weight is 372 g/mol. The minimum Gasteiger partial charge on any atom is -0.341 e. The van der Waals surface area contributed by atoms with Gasteiger partial charge in [-0.3, -0.25) is 13.9 Å². The molecule has 1 saturated heterocycles. The number of aryl methyl sites for hydroxylation is 1. The number of aromatic nitrogens is 4. The summed E-state index contributed by atoms with van der Waals surface area (Å²) in [6, 6.07) is 0.104. The molecule has 0 radical (unpaired) electrons. The third kappa shape index (κ3) is 3.12. The standard InChI is InChI=1S/C19H28N6O2/c1-22-16-15(17(26)23(2)19(22)27)25(11-13-7-4-3-5-8-13)18(21-16)24-10-6-9-14(20)12-24/h7,14H,3-6,8-12,20H2,1-2H3. The van der Waals surface area contributed by atoms with E-state index in [4.69, 9.17) is 10.7 Å². The summed E-state index contributed by atoms with van der Waals surface area (Å²) < 4.78 is 4.64. The molecule has 1 atom stereocenters. The summed E-state index contributed by atoms with van der Waals surface area (Å²) in [7, 11) is 3.20. The zero-order valence-corrected chi connectivity index (χ0v) is 16.1. The largest absolute Gasteiger partial charge is 0.341 e. The third-order valence-electron chi connectivity index (χ3n) is 5.81. The first-order valence-electron chi connectivity index (χ1n) is 9.82. The van der Waals surface area contributed by atoms with E-state index in [0.29, 0.717) is 17.7 Å². The van der Waals surface area contributed by atoms with Crippen LogP contribution in [0.15, 0.2) is 21.2 Å². The molecule has 1 aliphatic carbocycles. The second kappa shape index (κ2) is 6.99. The lowest BCUT2D eigenvalue weighted by molar-refractivity contribution is 0.494. The molecule has 0 saturated carbocycles. The molecule has 2 N–H and O–H groups in total. The van der Waals surface area contributed by atoms with Gasteiger partial charge < -0.3 is 15.2 Å². The summed E-state index contributed by atoms with van der Waals surface area (Å²) in [4.78, 5) is 32.2. The monoisotopic (exact) mass is 372 g/mol. The van der Waals surface area contributed by atoms with Crippen LogP contribution in [0.1, 0.15) is 38.5 Å². The first kappa shape index (κ1) is 18.0. The summed E-state index contributed by atoms with van der Waals surface area (Å²) in [6.07, 6.45) is 8.82. The maximum absolute atomic E-state index is 13.0. The molecule has 1 aliphatic heterocycles. The Labute approximate surface area is 157 Å². The predicted octanol–water partition coefficient (Wildman–Crippen LogP) is 0.862. The Hall–Kier alpha value is -2.35. The lowest BCUT2D eigenvalue weighted by atomic mass is 9.99. The molecule has 2 aromatic heterocycles. The summed E-state index contributed by atoms with van der Waals surface area (Å²) >= 11 is 0. The highest BCUT2D eigenvalue weighted by molar-refractivity contribution is 5.74. The Balaban J connectivity index is 1.92. The van der Waals surface area contributed by atoms with Crippen LogP contribution in [0.2, 0.25) is 0 Å². The summed E-state index contributed by atoms with van der Waals surface area (Å²) in [5.41, 5.74) is 7.83. The van der Waals surface area contributed by atoms with E-state index in [1.165, 1.54) is 34.6 Å². The van der Waals surface area contributed by atoms with Crippen molar-refractivity contribution < 1.29 is 0 Å². The highest BCUT2D eigenvalue weighted by atomic mass is 16.2. The van der Waals surface area contributed by atoms with Gasteiger partial charge in [0.25, 0.3) is 5.56 Å². The Morgan fingerprint density at radius 2 is 2.00 bits per heavy atom. The second-order valence-electron chi connectivity index (χ2n) is 7.83. The molecule has 2 aromatic rings. The van der Waals surface area contributed by atoms with Crippen LogP contribution in [-0.4, -0.2) is 37.8 Å². The summed E-state index contributed by atoms with van der Waals surface area (Å²) in [5.74, 6) is 0.755. The van der Waals surface area contributed by atoms with Gasteiger partial charge in [-0.25, -0.2) is 4.79 Å². The van der Waals surface area contributed by atoms with Crippen molar-refractivity contribution in [3.05, 3.63) is 32.5 Å². The van der Waals surface area contributed by atoms with Crippen molar-refractivity contribution in [1.29, 1.82) is 0 Å². The fraction of sp³-hybridized carbons (Fsp3) is 0.632. The number of fused-ring (bicyclic) bond motifs is 1. The van der Waals surface area contributed by atoms with Crippen LogP contribution in [0.3, 0.4) is 0 Å². The highest BCUT2D eigenvalue weighted by Crippen LogP contribution is 2.26. The third-order valence-corrected chi connectivity index (χ3v) is 5.81. The topological polar surface area (TPSA) is 91.1 Å². The molecule has 0 bridgehead atoms. The molecular formula is C19H28N6O2. The van der Waals surface area contributed by atoms with E-state index in [0.717, 1.165) is 44.7 Å². The molecule has 146 valence electrons. The normalized spacial score (nSPS) is 20.9. The lowest BCUT2D eigenvalue weighted by Gasteiger charge is -2.32. The van der Waals surface area contributed by atoms with Crippen molar-refractivity contribution >= 4 is 17.1 Å². The Bertz CT molecular complexity index is 1010. The van der Waals surface area contributed by atoms with Crippen molar-refractivity contribution in [2.24, 2.45) is 19.8 Å². The number of rotatable bonds is 3. The van der Waals surface area contributed by atoms with Gasteiger partial charge in [0, 0.05) is 39.8 Å². The molecule has 0 spiro atoms. The van der Waals surface area contributed by atoms with Crippen LogP contribution in [-0.2, 0) is 20.6 Å². The quantitative estimate of drug-likeness (QED) is 0.807. The van der Waals surface area contributed by atoms with Crippen molar-refractivity contribution in [1.82, 2.24) is 18.7 Å². The van der Waals surface area contributed by atoms with Gasteiger partial charge in [0.05, 0.1) is 0 Å². The first-order valence-corrected chi connectivity index (χ1v) is 9.82. The van der Waals surface area contributed by atoms with Gasteiger partial charge >= 0.3 is 5.69 Å². The van der Waals surface area contributed by atoms with Crippen molar-refractivity contribution in [3.8, 4) is 0 Å². The van der Waals surface area contributed by atoms with E-state index in [1.807, 2.05) is 4.57 Å². The highest BCUT2D eigenvalue weighted by Gasteiger charge is 2.26. The van der Waals surface area contributed by atoms with Crippen LogP contribution in [0, 0.1) is 0 Å². The van der Waals surface area contributed by atoms with Crippen LogP contribution >= 0.6 is 0 Å². The fourth-order valence-corrected chi connectivity index (χ4v) is 4.27. The van der Waals surface area contributed by atoms with Gasteiger partial charge in [0.2, 0.25) is 5.95 Å². The maximum Gasteiger partial charge on any atom is 0.332 e. The molecule has 4 rings (SSSR count). The Kier molecular flexibility index (Phi) is 4.67. The number of anilines is 1. The molecule has 8 nitrogen and oxygen atoms in total. The Morgan fingerprint density at radius 3 is 2.70 bits per heavy atom. The van der Waals surface area contributed by atoms with Gasteiger partial charge in [-0.1, -0.05) is 11.6 Å². The molecule has 0 aromatic carbocycles.